The molecule has 0 aliphatic carbocycles. The zero-order valence-electron chi connectivity index (χ0n) is 10.5. The molecule has 1 aromatic heterocycles. The molecule has 1 aromatic carbocycles. The number of aromatic nitrogens is 1. The number of anilines is 1. The maximum atomic E-state index is 4.28. The Bertz CT molecular complexity index is 471. The Labute approximate surface area is 107 Å². The van der Waals surface area contributed by atoms with E-state index in [1.54, 1.807) is 11.3 Å². The Morgan fingerprint density at radius 2 is 1.94 bits per heavy atom. The minimum Gasteiger partial charge on any atom is -0.365 e. The zero-order chi connectivity index (χ0) is 12.3. The van der Waals surface area contributed by atoms with Gasteiger partial charge in [0, 0.05) is 24.5 Å². The fourth-order valence-corrected chi connectivity index (χ4v) is 2.53. The van der Waals surface area contributed by atoms with Gasteiger partial charge in [0.25, 0.3) is 0 Å². The second kappa shape index (κ2) is 5.32. The van der Waals surface area contributed by atoms with Gasteiger partial charge in [-0.05, 0) is 17.0 Å². The summed E-state index contributed by atoms with van der Waals surface area (Å²) < 4.78 is 0. The third kappa shape index (κ3) is 3.07. The summed E-state index contributed by atoms with van der Waals surface area (Å²) >= 11 is 1.72. The summed E-state index contributed by atoms with van der Waals surface area (Å²) in [5, 5.41) is 4.05. The van der Waals surface area contributed by atoms with Crippen LogP contribution in [0.5, 0.6) is 0 Å². The van der Waals surface area contributed by atoms with Gasteiger partial charge in [-0.15, -0.1) is 11.3 Å². The van der Waals surface area contributed by atoms with Crippen LogP contribution < -0.4 is 5.32 Å². The number of nitrogens with zero attached hydrogens (tertiary/aromatic N) is 1. The molecule has 0 amide bonds. The molecule has 0 unspecified atom stereocenters. The molecule has 0 aliphatic heterocycles. The predicted octanol–water partition coefficient (Wildman–Crippen LogP) is 3.90. The summed E-state index contributed by atoms with van der Waals surface area (Å²) in [5.41, 5.74) is 2.75. The van der Waals surface area contributed by atoms with Crippen LogP contribution in [0.25, 0.3) is 0 Å². The van der Waals surface area contributed by atoms with Crippen molar-refractivity contribution in [1.82, 2.24) is 4.98 Å². The van der Waals surface area contributed by atoms with Crippen LogP contribution >= 0.6 is 11.3 Å². The second-order valence-corrected chi connectivity index (χ2v) is 5.57. The van der Waals surface area contributed by atoms with E-state index in [2.05, 4.69) is 48.4 Å². The first-order valence-electron chi connectivity index (χ1n) is 5.90. The molecule has 0 saturated heterocycles. The smallest absolute Gasteiger partial charge is 0.182 e. The van der Waals surface area contributed by atoms with Crippen molar-refractivity contribution in [3.63, 3.8) is 0 Å². The van der Waals surface area contributed by atoms with E-state index in [9.17, 15) is 0 Å². The van der Waals surface area contributed by atoms with Gasteiger partial charge in [0.15, 0.2) is 5.13 Å². The number of nitrogens with one attached hydrogen (secondary N) is 1. The highest BCUT2D eigenvalue weighted by Crippen LogP contribution is 2.21. The molecule has 0 radical (unpaired) electrons. The van der Waals surface area contributed by atoms with Gasteiger partial charge < -0.3 is 5.32 Å². The van der Waals surface area contributed by atoms with E-state index in [0.717, 1.165) is 11.6 Å². The first-order chi connectivity index (χ1) is 8.19. The molecule has 1 heterocycles. The van der Waals surface area contributed by atoms with E-state index >= 15 is 0 Å². The molecule has 0 saturated carbocycles. The first-order valence-corrected chi connectivity index (χ1v) is 6.72. The lowest BCUT2D eigenvalue weighted by molar-refractivity contribution is 0.865. The van der Waals surface area contributed by atoms with Crippen LogP contribution in [0.15, 0.2) is 30.5 Å². The van der Waals surface area contributed by atoms with Crippen molar-refractivity contribution in [2.75, 3.05) is 12.4 Å². The van der Waals surface area contributed by atoms with Crippen molar-refractivity contribution < 1.29 is 0 Å². The molecule has 90 valence electrons. The first kappa shape index (κ1) is 12.1. The van der Waals surface area contributed by atoms with Crippen LogP contribution in [0, 0.1) is 0 Å². The van der Waals surface area contributed by atoms with Crippen LogP contribution in [-0.4, -0.2) is 12.0 Å². The van der Waals surface area contributed by atoms with Gasteiger partial charge in [0.05, 0.1) is 0 Å². The summed E-state index contributed by atoms with van der Waals surface area (Å²) in [5.74, 6) is 0.600. The van der Waals surface area contributed by atoms with Gasteiger partial charge in [-0.25, -0.2) is 4.98 Å². The van der Waals surface area contributed by atoms with Gasteiger partial charge in [0.2, 0.25) is 0 Å². The molecule has 3 heteroatoms. The van der Waals surface area contributed by atoms with Crippen molar-refractivity contribution in [3.05, 3.63) is 46.5 Å². The van der Waals surface area contributed by atoms with Crippen molar-refractivity contribution >= 4 is 16.5 Å². The molecule has 2 aromatic rings. The van der Waals surface area contributed by atoms with E-state index < -0.39 is 0 Å². The van der Waals surface area contributed by atoms with Crippen molar-refractivity contribution in [2.24, 2.45) is 0 Å². The summed E-state index contributed by atoms with van der Waals surface area (Å²) in [6.07, 6.45) is 2.92. The normalized spacial score (nSPS) is 10.8. The fourth-order valence-electron chi connectivity index (χ4n) is 1.73. The summed E-state index contributed by atoms with van der Waals surface area (Å²) in [7, 11) is 1.90. The minimum absolute atomic E-state index is 0.600. The number of hydrogen-bond donors (Lipinski definition) is 1. The Morgan fingerprint density at radius 1 is 1.24 bits per heavy atom. The quantitative estimate of drug-likeness (QED) is 0.885. The Balaban J connectivity index is 2.08. The van der Waals surface area contributed by atoms with E-state index in [4.69, 9.17) is 0 Å². The van der Waals surface area contributed by atoms with Crippen LogP contribution in [0.4, 0.5) is 5.13 Å². The maximum Gasteiger partial charge on any atom is 0.182 e. The van der Waals surface area contributed by atoms with Gasteiger partial charge >= 0.3 is 0 Å². The van der Waals surface area contributed by atoms with Crippen molar-refractivity contribution in [3.8, 4) is 0 Å². The molecular formula is C14H18N2S. The second-order valence-electron chi connectivity index (χ2n) is 4.45. The van der Waals surface area contributed by atoms with Crippen LogP contribution in [0.1, 0.15) is 35.8 Å². The number of hydrogen-bond acceptors (Lipinski definition) is 3. The van der Waals surface area contributed by atoms with Crippen LogP contribution in [-0.2, 0) is 6.42 Å². The monoisotopic (exact) mass is 246 g/mol. The fraction of sp³-hybridized carbons (Fsp3) is 0.357. The number of rotatable bonds is 4. The lowest BCUT2D eigenvalue weighted by Gasteiger charge is -2.05. The van der Waals surface area contributed by atoms with Crippen molar-refractivity contribution in [1.29, 1.82) is 0 Å². The topological polar surface area (TPSA) is 24.9 Å². The highest BCUT2D eigenvalue weighted by atomic mass is 32.1. The zero-order valence-corrected chi connectivity index (χ0v) is 11.3. The minimum atomic E-state index is 0.600. The summed E-state index contributed by atoms with van der Waals surface area (Å²) in [6, 6.07) is 8.88. The predicted molar refractivity (Wildman–Crippen MR) is 75.0 cm³/mol. The molecule has 0 atom stereocenters. The molecule has 0 aliphatic rings. The standard InChI is InChI=1S/C14H18N2S/c1-10(2)12-6-4-11(5-7-12)8-13-9-16-14(15-3)17-13/h4-7,9-10H,8H2,1-3H3,(H,15,16). The molecule has 1 N–H and O–H groups in total. The number of thiazole rings is 1. The Hall–Kier alpha value is -1.35. The van der Waals surface area contributed by atoms with Gasteiger partial charge in [-0.3, -0.25) is 0 Å². The highest BCUT2D eigenvalue weighted by Gasteiger charge is 2.03. The van der Waals surface area contributed by atoms with E-state index in [1.807, 2.05) is 13.2 Å². The van der Waals surface area contributed by atoms with E-state index in [1.165, 1.54) is 16.0 Å². The van der Waals surface area contributed by atoms with Crippen LogP contribution in [0.2, 0.25) is 0 Å². The van der Waals surface area contributed by atoms with Gasteiger partial charge in [-0.1, -0.05) is 38.1 Å². The Kier molecular flexibility index (Phi) is 3.79. The van der Waals surface area contributed by atoms with Gasteiger partial charge in [-0.2, -0.15) is 0 Å². The summed E-state index contributed by atoms with van der Waals surface area (Å²) in [4.78, 5) is 5.58. The molecule has 2 rings (SSSR count). The third-order valence-corrected chi connectivity index (χ3v) is 3.81. The van der Waals surface area contributed by atoms with Crippen LogP contribution in [0.3, 0.4) is 0 Å². The molecule has 0 spiro atoms. The lowest BCUT2D eigenvalue weighted by Crippen LogP contribution is -1.89. The Morgan fingerprint density at radius 3 is 2.47 bits per heavy atom. The largest absolute Gasteiger partial charge is 0.365 e. The number of benzene rings is 1. The SMILES string of the molecule is CNc1ncc(Cc2ccc(C(C)C)cc2)s1. The molecule has 0 bridgehead atoms. The average molecular weight is 246 g/mol. The average Bonchev–Trinajstić information content (AvgIpc) is 2.77. The van der Waals surface area contributed by atoms with E-state index in [0.29, 0.717) is 5.92 Å². The molecule has 2 nitrogen and oxygen atoms in total. The maximum absolute atomic E-state index is 4.28. The molecule has 17 heavy (non-hydrogen) atoms. The third-order valence-electron chi connectivity index (χ3n) is 2.79. The van der Waals surface area contributed by atoms with Gasteiger partial charge in [0.1, 0.15) is 0 Å². The van der Waals surface area contributed by atoms with Crippen molar-refractivity contribution in [2.45, 2.75) is 26.2 Å². The summed E-state index contributed by atoms with van der Waals surface area (Å²) in [6.45, 7) is 4.44. The highest BCUT2D eigenvalue weighted by molar-refractivity contribution is 7.15. The van der Waals surface area contributed by atoms with E-state index in [-0.39, 0.29) is 0 Å². The molecular weight excluding hydrogens is 228 g/mol. The molecule has 0 fully saturated rings. The lowest BCUT2D eigenvalue weighted by atomic mass is 10.0.